The van der Waals surface area contributed by atoms with Crippen molar-refractivity contribution in [1.29, 1.82) is 0 Å². The Morgan fingerprint density at radius 3 is 1.08 bits per heavy atom. The Hall–Kier alpha value is -11.6. The van der Waals surface area contributed by atoms with Crippen molar-refractivity contribution in [3.63, 3.8) is 0 Å². The van der Waals surface area contributed by atoms with Crippen LogP contribution < -0.4 is 0 Å². The number of hydrogen-bond acceptors (Lipinski definition) is 2. The van der Waals surface area contributed by atoms with Crippen molar-refractivity contribution in [1.82, 2.24) is 28.2 Å². The number of hydrogen-bond donors (Lipinski definition) is 0. The third kappa shape index (κ3) is 6.66. The maximum atomic E-state index is 5.72. The molecule has 0 atom stereocenters. The lowest BCUT2D eigenvalue weighted by atomic mass is 9.99. The van der Waals surface area contributed by atoms with Crippen LogP contribution in [0.15, 0.2) is 291 Å². The molecule has 0 unspecified atom stereocenters. The highest BCUT2D eigenvalue weighted by molar-refractivity contribution is 6.21. The van der Waals surface area contributed by atoms with Crippen LogP contribution in [0.5, 0.6) is 0 Å². The molecule has 0 bridgehead atoms. The molecule has 19 rings (SSSR count). The maximum Gasteiger partial charge on any atom is 0.235 e. The van der Waals surface area contributed by atoms with E-state index < -0.39 is 0 Å². The number of nitrogens with zero attached hydrogens (tertiary/aromatic N) is 6. The van der Waals surface area contributed by atoms with Gasteiger partial charge in [0.15, 0.2) is 0 Å². The second kappa shape index (κ2) is 18.0. The van der Waals surface area contributed by atoms with Gasteiger partial charge in [0.2, 0.25) is 5.95 Å². The van der Waals surface area contributed by atoms with Gasteiger partial charge in [-0.1, -0.05) is 188 Å². The van der Waals surface area contributed by atoms with Gasteiger partial charge in [-0.2, -0.15) is 0 Å². The Morgan fingerprint density at radius 1 is 0.221 bits per heavy atom. The molecule has 5 heterocycles. The van der Waals surface area contributed by atoms with Crippen molar-refractivity contribution < 1.29 is 0 Å². The van der Waals surface area contributed by atoms with Crippen LogP contribution in [0, 0.1) is 0 Å². The molecular weight excluding hydrogens is 1040 g/mol. The minimum Gasteiger partial charge on any atom is -0.309 e. The molecule has 0 amide bonds. The fourth-order valence-electron chi connectivity index (χ4n) is 14.6. The third-order valence-electron chi connectivity index (χ3n) is 18.3. The first-order valence-electron chi connectivity index (χ1n) is 29.5. The van der Waals surface area contributed by atoms with Crippen molar-refractivity contribution in [3.8, 4) is 78.9 Å². The fourth-order valence-corrected chi connectivity index (χ4v) is 14.6. The zero-order valence-corrected chi connectivity index (χ0v) is 46.4. The zero-order valence-electron chi connectivity index (χ0n) is 46.4. The summed E-state index contributed by atoms with van der Waals surface area (Å²) >= 11 is 0. The number of benzene rings is 13. The Kier molecular flexibility index (Phi) is 9.80. The molecule has 398 valence electrons. The molecule has 0 N–H and O–H groups in total. The van der Waals surface area contributed by atoms with Crippen LogP contribution in [0.25, 0.3) is 177 Å². The minimum atomic E-state index is 0.640. The van der Waals surface area contributed by atoms with E-state index in [2.05, 4.69) is 309 Å². The highest BCUT2D eigenvalue weighted by atomic mass is 15.2. The molecule has 0 radical (unpaired) electrons. The quantitative estimate of drug-likeness (QED) is 0.160. The lowest BCUT2D eigenvalue weighted by Gasteiger charge is -2.14. The lowest BCUT2D eigenvalue weighted by molar-refractivity contribution is 0.999. The zero-order chi connectivity index (χ0) is 56.1. The van der Waals surface area contributed by atoms with Gasteiger partial charge in [-0.25, -0.2) is 9.97 Å². The molecular formula is C80H48N6. The van der Waals surface area contributed by atoms with Crippen molar-refractivity contribution in [2.45, 2.75) is 0 Å². The second-order valence-electron chi connectivity index (χ2n) is 22.8. The number of rotatable bonds is 7. The van der Waals surface area contributed by atoms with E-state index in [-0.39, 0.29) is 0 Å². The standard InChI is InChI=1S/C80H48N6/c1-4-19-49(20-5-1)78-77-61-30-18-29-60-71(85-69-33-16-12-27-58(69)65-47-52(37-42-74(65)85)50-35-40-72-63(45-50)56-25-10-14-31-67(56)83(72)54-21-6-2-7-22-54)44-39-62(76(60)61)79(77)82-80(81-78)86-70-34-17-13-28-59(70)66-48-53(38-43-75(66)86)51-36-41-73-64(46-51)57-26-11-15-32-68(57)84(73)55-23-8-3-9-24-55/h1-48H. The first-order valence-corrected chi connectivity index (χ1v) is 29.5. The molecule has 18 aromatic rings. The Labute approximate surface area is 493 Å². The molecule has 0 saturated heterocycles. The average molecular weight is 1090 g/mol. The average Bonchev–Trinajstić information content (AvgIpc) is 3.35. The molecule has 1 aliphatic rings. The van der Waals surface area contributed by atoms with Crippen LogP contribution in [0.2, 0.25) is 0 Å². The van der Waals surface area contributed by atoms with Gasteiger partial charge < -0.3 is 13.7 Å². The monoisotopic (exact) mass is 1090 g/mol. The van der Waals surface area contributed by atoms with E-state index in [9.17, 15) is 0 Å². The molecule has 6 nitrogen and oxygen atoms in total. The van der Waals surface area contributed by atoms with E-state index >= 15 is 0 Å². The molecule has 0 saturated carbocycles. The van der Waals surface area contributed by atoms with Crippen molar-refractivity contribution in [3.05, 3.63) is 291 Å². The number of aromatic nitrogens is 6. The van der Waals surface area contributed by atoms with Crippen molar-refractivity contribution >= 4 is 98.0 Å². The van der Waals surface area contributed by atoms with Gasteiger partial charge in [0.25, 0.3) is 0 Å². The Balaban J connectivity index is 0.759. The number of fused-ring (bicyclic) bond motifs is 15. The van der Waals surface area contributed by atoms with Crippen LogP contribution in [-0.2, 0) is 0 Å². The van der Waals surface area contributed by atoms with Crippen LogP contribution in [0.1, 0.15) is 0 Å². The minimum absolute atomic E-state index is 0.640. The Morgan fingerprint density at radius 2 is 0.593 bits per heavy atom. The van der Waals surface area contributed by atoms with Crippen LogP contribution in [0.3, 0.4) is 0 Å². The summed E-state index contributed by atoms with van der Waals surface area (Å²) in [4.78, 5) is 11.4. The van der Waals surface area contributed by atoms with Crippen molar-refractivity contribution in [2.75, 3.05) is 0 Å². The molecule has 0 fully saturated rings. The van der Waals surface area contributed by atoms with Crippen LogP contribution >= 0.6 is 0 Å². The summed E-state index contributed by atoms with van der Waals surface area (Å²) in [6, 6.07) is 106. The topological polar surface area (TPSA) is 45.5 Å². The van der Waals surface area contributed by atoms with Crippen molar-refractivity contribution in [2.24, 2.45) is 0 Å². The predicted octanol–water partition coefficient (Wildman–Crippen LogP) is 20.7. The molecule has 1 aliphatic carbocycles. The summed E-state index contributed by atoms with van der Waals surface area (Å²) in [6.45, 7) is 0. The van der Waals surface area contributed by atoms with E-state index in [1.165, 1.54) is 76.5 Å². The summed E-state index contributed by atoms with van der Waals surface area (Å²) in [7, 11) is 0. The molecule has 6 heteroatoms. The molecule has 0 aliphatic heterocycles. The van der Waals surface area contributed by atoms with Gasteiger partial charge in [0, 0.05) is 81.9 Å². The first kappa shape index (κ1) is 46.9. The van der Waals surface area contributed by atoms with Crippen LogP contribution in [-0.4, -0.2) is 28.2 Å². The van der Waals surface area contributed by atoms with Gasteiger partial charge >= 0.3 is 0 Å². The van der Waals surface area contributed by atoms with Gasteiger partial charge in [-0.15, -0.1) is 0 Å². The smallest absolute Gasteiger partial charge is 0.235 e. The van der Waals surface area contributed by atoms with Gasteiger partial charge in [-0.05, 0) is 131 Å². The third-order valence-corrected chi connectivity index (χ3v) is 18.3. The van der Waals surface area contributed by atoms with Crippen LogP contribution in [0.4, 0.5) is 0 Å². The maximum absolute atomic E-state index is 5.72. The SMILES string of the molecule is c1ccc(-c2nc(-n3c4ccccc4c4cc(-c5ccc6c(c5)c5ccccc5n6-c5ccccc5)ccc43)nc3c2-c2cccc4c(-n5c6ccccc6c6cc(-c7ccc8c(c7)c7ccccc7n8-c7ccccc7)ccc65)ccc-3c24)cc1. The summed E-state index contributed by atoms with van der Waals surface area (Å²) in [5.74, 6) is 0.640. The van der Waals surface area contributed by atoms with E-state index in [1.807, 2.05) is 0 Å². The summed E-state index contributed by atoms with van der Waals surface area (Å²) < 4.78 is 9.50. The largest absolute Gasteiger partial charge is 0.309 e. The van der Waals surface area contributed by atoms with Gasteiger partial charge in [0.05, 0.1) is 61.2 Å². The second-order valence-corrected chi connectivity index (χ2v) is 22.8. The molecule has 0 spiro atoms. The lowest BCUT2D eigenvalue weighted by Crippen LogP contribution is -2.05. The normalized spacial score (nSPS) is 12.2. The van der Waals surface area contributed by atoms with Gasteiger partial charge in [0.1, 0.15) is 0 Å². The van der Waals surface area contributed by atoms with Gasteiger partial charge in [-0.3, -0.25) is 4.57 Å². The van der Waals surface area contributed by atoms with E-state index in [1.54, 1.807) is 0 Å². The summed E-state index contributed by atoms with van der Waals surface area (Å²) in [6.07, 6.45) is 0. The number of para-hydroxylation sites is 6. The molecule has 5 aromatic heterocycles. The predicted molar refractivity (Wildman–Crippen MR) is 358 cm³/mol. The van der Waals surface area contributed by atoms with E-state index in [0.29, 0.717) is 5.95 Å². The summed E-state index contributed by atoms with van der Waals surface area (Å²) in [5.41, 5.74) is 23.5. The first-order chi connectivity index (χ1) is 42.7. The molecule has 13 aromatic carbocycles. The fraction of sp³-hybridized carbons (Fsp3) is 0. The van der Waals surface area contributed by atoms with E-state index in [4.69, 9.17) is 9.97 Å². The van der Waals surface area contributed by atoms with E-state index in [0.717, 1.165) is 94.5 Å². The highest BCUT2D eigenvalue weighted by Crippen LogP contribution is 2.52. The summed E-state index contributed by atoms with van der Waals surface area (Å²) in [5, 5.41) is 12.0. The molecule has 86 heavy (non-hydrogen) atoms. The Bertz CT molecular complexity index is 5880. The highest BCUT2D eigenvalue weighted by Gasteiger charge is 2.31.